The molecule has 0 spiro atoms. The van der Waals surface area contributed by atoms with Gasteiger partial charge in [0.15, 0.2) is 9.84 Å². The van der Waals surface area contributed by atoms with E-state index in [9.17, 15) is 8.42 Å². The van der Waals surface area contributed by atoms with Gasteiger partial charge in [0.25, 0.3) is 0 Å². The molecule has 0 aromatic heterocycles. The van der Waals surface area contributed by atoms with Crippen molar-refractivity contribution in [3.63, 3.8) is 0 Å². The zero-order valence-corrected chi connectivity index (χ0v) is 13.3. The standard InChI is InChI=1S/C12H26N2O2S.ClH/c1-10(2)17(15,16)9-8-14-7-5-4-6-12(14)11(3)13;/h10-12H,4-9,13H2,1-3H3;1H. The van der Waals surface area contributed by atoms with Gasteiger partial charge < -0.3 is 5.73 Å². The molecule has 1 fully saturated rings. The number of piperidine rings is 1. The molecule has 0 aromatic carbocycles. The minimum atomic E-state index is -2.93. The van der Waals surface area contributed by atoms with Crippen LogP contribution in [0.3, 0.4) is 0 Å². The summed E-state index contributed by atoms with van der Waals surface area (Å²) in [7, 11) is -2.93. The minimum Gasteiger partial charge on any atom is -0.327 e. The van der Waals surface area contributed by atoms with Crippen molar-refractivity contribution >= 4 is 22.2 Å². The second-order valence-electron chi connectivity index (χ2n) is 5.37. The van der Waals surface area contributed by atoms with Crippen molar-refractivity contribution in [2.75, 3.05) is 18.8 Å². The highest BCUT2D eigenvalue weighted by Crippen LogP contribution is 2.19. The predicted octanol–water partition coefficient (Wildman–Crippen LogP) is 1.43. The van der Waals surface area contributed by atoms with E-state index in [2.05, 4.69) is 4.90 Å². The van der Waals surface area contributed by atoms with Crippen molar-refractivity contribution in [2.24, 2.45) is 5.73 Å². The molecule has 0 saturated carbocycles. The molecule has 0 radical (unpaired) electrons. The summed E-state index contributed by atoms with van der Waals surface area (Å²) in [5.74, 6) is 0.258. The summed E-state index contributed by atoms with van der Waals surface area (Å²) >= 11 is 0. The number of sulfone groups is 1. The third kappa shape index (κ3) is 5.03. The second kappa shape index (κ2) is 7.68. The van der Waals surface area contributed by atoms with Gasteiger partial charge in [-0.25, -0.2) is 8.42 Å². The molecular formula is C12H27ClN2O2S. The van der Waals surface area contributed by atoms with Crippen molar-refractivity contribution < 1.29 is 8.42 Å². The van der Waals surface area contributed by atoms with Gasteiger partial charge in [0.2, 0.25) is 0 Å². The summed E-state index contributed by atoms with van der Waals surface area (Å²) in [6.45, 7) is 7.12. The lowest BCUT2D eigenvalue weighted by Crippen LogP contribution is -2.50. The quantitative estimate of drug-likeness (QED) is 0.834. The molecule has 4 nitrogen and oxygen atoms in total. The highest BCUT2D eigenvalue weighted by atomic mass is 35.5. The van der Waals surface area contributed by atoms with Crippen LogP contribution < -0.4 is 5.73 Å². The zero-order chi connectivity index (χ0) is 13.1. The minimum absolute atomic E-state index is 0. The Morgan fingerprint density at radius 3 is 2.39 bits per heavy atom. The van der Waals surface area contributed by atoms with Crippen molar-refractivity contribution in [1.82, 2.24) is 4.90 Å². The molecule has 0 bridgehead atoms. The van der Waals surface area contributed by atoms with Gasteiger partial charge in [0, 0.05) is 18.6 Å². The zero-order valence-electron chi connectivity index (χ0n) is 11.6. The Bertz CT molecular complexity index is 331. The first kappa shape index (κ1) is 18.2. The SMILES string of the molecule is CC(N)C1CCCCN1CCS(=O)(=O)C(C)C.Cl. The molecule has 2 N–H and O–H groups in total. The Balaban J connectivity index is 0.00000289. The van der Waals surface area contributed by atoms with Crippen LogP contribution in [0.4, 0.5) is 0 Å². The van der Waals surface area contributed by atoms with Gasteiger partial charge in [-0.2, -0.15) is 0 Å². The van der Waals surface area contributed by atoms with Gasteiger partial charge in [-0.05, 0) is 40.2 Å². The van der Waals surface area contributed by atoms with E-state index in [4.69, 9.17) is 5.73 Å². The summed E-state index contributed by atoms with van der Waals surface area (Å²) in [6, 6.07) is 0.475. The van der Waals surface area contributed by atoms with E-state index in [1.807, 2.05) is 6.92 Å². The van der Waals surface area contributed by atoms with Gasteiger partial charge in [-0.3, -0.25) is 4.90 Å². The Kier molecular flexibility index (Phi) is 7.75. The van der Waals surface area contributed by atoms with Gasteiger partial charge >= 0.3 is 0 Å². The van der Waals surface area contributed by atoms with Crippen molar-refractivity contribution in [1.29, 1.82) is 0 Å². The number of nitrogens with two attached hydrogens (primary N) is 1. The Hall–Kier alpha value is 0.160. The topological polar surface area (TPSA) is 63.4 Å². The number of halogens is 1. The number of likely N-dealkylation sites (tertiary alicyclic amines) is 1. The fourth-order valence-corrected chi connectivity index (χ4v) is 3.33. The van der Waals surface area contributed by atoms with Crippen LogP contribution in [-0.2, 0) is 9.84 Å². The summed E-state index contributed by atoms with van der Waals surface area (Å²) in [4.78, 5) is 2.26. The van der Waals surface area contributed by atoms with E-state index in [1.54, 1.807) is 13.8 Å². The summed E-state index contributed by atoms with van der Waals surface area (Å²) in [5.41, 5.74) is 5.97. The van der Waals surface area contributed by atoms with Crippen LogP contribution in [0.5, 0.6) is 0 Å². The lowest BCUT2D eigenvalue weighted by atomic mass is 9.97. The van der Waals surface area contributed by atoms with Crippen molar-refractivity contribution in [3.8, 4) is 0 Å². The molecule has 1 saturated heterocycles. The van der Waals surface area contributed by atoms with Crippen LogP contribution in [0.15, 0.2) is 0 Å². The highest BCUT2D eigenvalue weighted by molar-refractivity contribution is 7.92. The van der Waals surface area contributed by atoms with E-state index in [0.717, 1.165) is 19.4 Å². The average Bonchev–Trinajstić information content (AvgIpc) is 2.26. The molecular weight excluding hydrogens is 272 g/mol. The van der Waals surface area contributed by atoms with Crippen LogP contribution in [0, 0.1) is 0 Å². The van der Waals surface area contributed by atoms with E-state index in [1.165, 1.54) is 6.42 Å². The third-order valence-electron chi connectivity index (χ3n) is 3.65. The summed E-state index contributed by atoms with van der Waals surface area (Å²) in [5, 5.41) is -0.277. The van der Waals surface area contributed by atoms with Gasteiger partial charge in [0.1, 0.15) is 0 Å². The first-order chi connectivity index (χ1) is 7.84. The Morgan fingerprint density at radius 1 is 1.28 bits per heavy atom. The lowest BCUT2D eigenvalue weighted by Gasteiger charge is -2.38. The van der Waals surface area contributed by atoms with E-state index in [-0.39, 0.29) is 29.5 Å². The summed E-state index contributed by atoms with van der Waals surface area (Å²) < 4.78 is 23.6. The first-order valence-electron chi connectivity index (χ1n) is 6.56. The van der Waals surface area contributed by atoms with Crippen LogP contribution in [0.25, 0.3) is 0 Å². The molecule has 2 atom stereocenters. The van der Waals surface area contributed by atoms with Gasteiger partial charge in [-0.15, -0.1) is 12.4 Å². The molecule has 6 heteroatoms. The van der Waals surface area contributed by atoms with Crippen LogP contribution in [0.2, 0.25) is 0 Å². The number of hydrogen-bond donors (Lipinski definition) is 1. The fraction of sp³-hybridized carbons (Fsp3) is 1.00. The monoisotopic (exact) mass is 298 g/mol. The normalized spacial score (nSPS) is 23.7. The molecule has 110 valence electrons. The predicted molar refractivity (Wildman–Crippen MR) is 79.0 cm³/mol. The Labute approximate surface area is 118 Å². The molecule has 1 aliphatic rings. The number of rotatable bonds is 5. The van der Waals surface area contributed by atoms with E-state index in [0.29, 0.717) is 12.6 Å². The van der Waals surface area contributed by atoms with Gasteiger partial charge in [-0.1, -0.05) is 6.42 Å². The van der Waals surface area contributed by atoms with Crippen molar-refractivity contribution in [2.45, 2.75) is 57.4 Å². The maximum atomic E-state index is 11.8. The number of hydrogen-bond acceptors (Lipinski definition) is 4. The largest absolute Gasteiger partial charge is 0.327 e. The molecule has 0 aliphatic carbocycles. The van der Waals surface area contributed by atoms with E-state index < -0.39 is 9.84 Å². The molecule has 2 unspecified atom stereocenters. The second-order valence-corrected chi connectivity index (χ2v) is 8.05. The van der Waals surface area contributed by atoms with Crippen LogP contribution in [0.1, 0.15) is 40.0 Å². The van der Waals surface area contributed by atoms with E-state index >= 15 is 0 Å². The first-order valence-corrected chi connectivity index (χ1v) is 8.27. The smallest absolute Gasteiger partial charge is 0.153 e. The molecule has 18 heavy (non-hydrogen) atoms. The van der Waals surface area contributed by atoms with Crippen LogP contribution >= 0.6 is 12.4 Å². The number of nitrogens with zero attached hydrogens (tertiary/aromatic N) is 1. The van der Waals surface area contributed by atoms with Gasteiger partial charge in [0.05, 0.1) is 11.0 Å². The van der Waals surface area contributed by atoms with Crippen molar-refractivity contribution in [3.05, 3.63) is 0 Å². The highest BCUT2D eigenvalue weighted by Gasteiger charge is 2.27. The molecule has 0 aromatic rings. The maximum Gasteiger partial charge on any atom is 0.153 e. The molecule has 1 heterocycles. The lowest BCUT2D eigenvalue weighted by molar-refractivity contribution is 0.139. The fourth-order valence-electron chi connectivity index (χ4n) is 2.37. The molecule has 0 amide bonds. The Morgan fingerprint density at radius 2 is 1.89 bits per heavy atom. The molecule has 1 rings (SSSR count). The maximum absolute atomic E-state index is 11.8. The third-order valence-corrected chi connectivity index (χ3v) is 5.84. The average molecular weight is 299 g/mol. The summed E-state index contributed by atoms with van der Waals surface area (Å²) in [6.07, 6.45) is 3.46. The van der Waals surface area contributed by atoms with Crippen LogP contribution in [-0.4, -0.2) is 49.5 Å². The molecule has 1 aliphatic heterocycles.